The van der Waals surface area contributed by atoms with Gasteiger partial charge < -0.3 is 4.74 Å². The van der Waals surface area contributed by atoms with Gasteiger partial charge in [0.2, 0.25) is 0 Å². The molecule has 0 fully saturated rings. The van der Waals surface area contributed by atoms with Crippen LogP contribution in [0.1, 0.15) is 33.2 Å². The highest BCUT2D eigenvalue weighted by Gasteiger charge is 2.13. The summed E-state index contributed by atoms with van der Waals surface area (Å²) in [6.45, 7) is 1.99. The Kier molecular flexibility index (Phi) is 4.63. The highest BCUT2D eigenvalue weighted by atomic mass is 16.6. The van der Waals surface area contributed by atoms with Crippen molar-refractivity contribution in [2.45, 2.75) is 6.92 Å². The predicted molar refractivity (Wildman–Crippen MR) is 78.9 cm³/mol. The Morgan fingerprint density at radius 3 is 1.86 bits per heavy atom. The Bertz CT molecular complexity index is 704. The minimum atomic E-state index is -0.525. The van der Waals surface area contributed by atoms with Crippen molar-refractivity contribution in [1.29, 1.82) is 0 Å². The largest absolute Gasteiger partial charge is 0.462 e. The summed E-state index contributed by atoms with van der Waals surface area (Å²) in [7, 11) is 0. The zero-order valence-electron chi connectivity index (χ0n) is 11.8. The zero-order valence-corrected chi connectivity index (χ0v) is 11.8. The van der Waals surface area contributed by atoms with E-state index in [9.17, 15) is 19.7 Å². The molecule has 0 aliphatic rings. The van der Waals surface area contributed by atoms with Gasteiger partial charge in [0.25, 0.3) is 5.69 Å². The van der Waals surface area contributed by atoms with Crippen LogP contribution >= 0.6 is 0 Å². The van der Waals surface area contributed by atoms with Crippen LogP contribution in [0.25, 0.3) is 0 Å². The van der Waals surface area contributed by atoms with Crippen LogP contribution in [0.2, 0.25) is 0 Å². The molecule has 0 atom stereocenters. The van der Waals surface area contributed by atoms with E-state index in [1.807, 2.05) is 0 Å². The van der Waals surface area contributed by atoms with Gasteiger partial charge in [0.1, 0.15) is 0 Å². The molecule has 0 aliphatic carbocycles. The summed E-state index contributed by atoms with van der Waals surface area (Å²) < 4.78 is 4.86. The van der Waals surface area contributed by atoms with Crippen LogP contribution in [0, 0.1) is 10.1 Å². The molecule has 22 heavy (non-hydrogen) atoms. The van der Waals surface area contributed by atoms with Crippen molar-refractivity contribution in [3.63, 3.8) is 0 Å². The maximum Gasteiger partial charge on any atom is 0.338 e. The van der Waals surface area contributed by atoms with Gasteiger partial charge in [-0.15, -0.1) is 0 Å². The molecule has 0 amide bonds. The van der Waals surface area contributed by atoms with E-state index in [-0.39, 0.29) is 18.1 Å². The molecule has 112 valence electrons. The number of nitrogens with zero attached hydrogens (tertiary/aromatic N) is 1. The zero-order chi connectivity index (χ0) is 16.1. The molecule has 6 nitrogen and oxygen atoms in total. The predicted octanol–water partition coefficient (Wildman–Crippen LogP) is 3.00. The smallest absolute Gasteiger partial charge is 0.338 e. The quantitative estimate of drug-likeness (QED) is 0.366. The third-order valence-electron chi connectivity index (χ3n) is 3.00. The maximum absolute atomic E-state index is 12.2. The summed E-state index contributed by atoms with van der Waals surface area (Å²) in [5, 5.41) is 10.6. The average molecular weight is 299 g/mol. The Balaban J connectivity index is 2.19. The van der Waals surface area contributed by atoms with E-state index >= 15 is 0 Å². The number of ketones is 1. The van der Waals surface area contributed by atoms with Crippen molar-refractivity contribution in [1.82, 2.24) is 0 Å². The molecule has 2 rings (SSSR count). The van der Waals surface area contributed by atoms with Gasteiger partial charge in [0, 0.05) is 23.3 Å². The number of ether oxygens (including phenoxy) is 1. The summed E-state index contributed by atoms with van der Waals surface area (Å²) in [6, 6.07) is 11.4. The van der Waals surface area contributed by atoms with Crippen LogP contribution in [0.15, 0.2) is 48.5 Å². The number of rotatable bonds is 5. The van der Waals surface area contributed by atoms with E-state index in [0.717, 1.165) is 0 Å². The second-order valence-corrected chi connectivity index (χ2v) is 4.43. The van der Waals surface area contributed by atoms with Crippen LogP contribution in [0.3, 0.4) is 0 Å². The first-order valence-electron chi connectivity index (χ1n) is 6.59. The first kappa shape index (κ1) is 15.4. The first-order chi connectivity index (χ1) is 10.5. The van der Waals surface area contributed by atoms with Crippen LogP contribution in [-0.4, -0.2) is 23.3 Å². The number of non-ortho nitro benzene ring substituents is 1. The second kappa shape index (κ2) is 6.62. The Hall–Kier alpha value is -3.02. The fraction of sp³-hybridized carbons (Fsp3) is 0.125. The van der Waals surface area contributed by atoms with Crippen molar-refractivity contribution in [2.75, 3.05) is 6.61 Å². The third-order valence-corrected chi connectivity index (χ3v) is 3.00. The number of nitro benzene ring substituents is 1. The highest BCUT2D eigenvalue weighted by molar-refractivity contribution is 6.09. The third kappa shape index (κ3) is 3.35. The number of carbonyl (C=O) groups is 2. The summed E-state index contributed by atoms with van der Waals surface area (Å²) >= 11 is 0. The van der Waals surface area contributed by atoms with Crippen LogP contribution in [0.4, 0.5) is 5.69 Å². The lowest BCUT2D eigenvalue weighted by molar-refractivity contribution is -0.384. The first-order valence-corrected chi connectivity index (χ1v) is 6.59. The van der Waals surface area contributed by atoms with E-state index in [2.05, 4.69) is 0 Å². The summed E-state index contributed by atoms with van der Waals surface area (Å²) in [4.78, 5) is 33.8. The standard InChI is InChI=1S/C16H13NO5/c1-2-22-16(19)13-5-3-11(4-6-13)15(18)12-7-9-14(10-8-12)17(20)21/h3-10H,2H2,1H3. The normalized spacial score (nSPS) is 10.0. The van der Waals surface area contributed by atoms with Gasteiger partial charge in [-0.3, -0.25) is 14.9 Å². The van der Waals surface area contributed by atoms with Crippen LogP contribution in [-0.2, 0) is 4.74 Å². The molecule has 0 radical (unpaired) electrons. The minimum absolute atomic E-state index is 0.0748. The molecule has 2 aromatic rings. The molecule has 0 heterocycles. The van der Waals surface area contributed by atoms with Crippen LogP contribution in [0.5, 0.6) is 0 Å². The van der Waals surface area contributed by atoms with Crippen molar-refractivity contribution in [3.8, 4) is 0 Å². The number of hydrogen-bond donors (Lipinski definition) is 0. The van der Waals surface area contributed by atoms with E-state index in [4.69, 9.17) is 4.74 Å². The van der Waals surface area contributed by atoms with E-state index < -0.39 is 10.9 Å². The fourth-order valence-electron chi connectivity index (χ4n) is 1.87. The molecule has 2 aromatic carbocycles. The van der Waals surface area contributed by atoms with Crippen molar-refractivity contribution < 1.29 is 19.2 Å². The maximum atomic E-state index is 12.2. The van der Waals surface area contributed by atoms with E-state index in [1.165, 1.54) is 48.5 Å². The van der Waals surface area contributed by atoms with Gasteiger partial charge in [-0.2, -0.15) is 0 Å². The average Bonchev–Trinajstić information content (AvgIpc) is 2.54. The lowest BCUT2D eigenvalue weighted by Crippen LogP contribution is -2.06. The van der Waals surface area contributed by atoms with Gasteiger partial charge in [0.15, 0.2) is 5.78 Å². The Morgan fingerprint density at radius 2 is 1.41 bits per heavy atom. The van der Waals surface area contributed by atoms with Gasteiger partial charge in [-0.25, -0.2) is 4.79 Å². The number of esters is 1. The number of benzene rings is 2. The molecular formula is C16H13NO5. The lowest BCUT2D eigenvalue weighted by Gasteiger charge is -2.04. The summed E-state index contributed by atoms with van der Waals surface area (Å²) in [6.07, 6.45) is 0. The molecule has 0 spiro atoms. The fourth-order valence-corrected chi connectivity index (χ4v) is 1.87. The Labute approximate surface area is 126 Å². The highest BCUT2D eigenvalue weighted by Crippen LogP contribution is 2.16. The van der Waals surface area contributed by atoms with Crippen molar-refractivity contribution in [2.24, 2.45) is 0 Å². The van der Waals surface area contributed by atoms with E-state index in [1.54, 1.807) is 6.92 Å². The summed E-state index contributed by atoms with van der Waals surface area (Å²) in [5.74, 6) is -0.720. The molecule has 6 heteroatoms. The summed E-state index contributed by atoms with van der Waals surface area (Å²) in [5.41, 5.74) is 1.02. The molecule has 0 bridgehead atoms. The topological polar surface area (TPSA) is 86.5 Å². The Morgan fingerprint density at radius 1 is 0.955 bits per heavy atom. The van der Waals surface area contributed by atoms with Gasteiger partial charge in [-0.1, -0.05) is 12.1 Å². The van der Waals surface area contributed by atoms with Gasteiger partial charge in [-0.05, 0) is 31.2 Å². The lowest BCUT2D eigenvalue weighted by atomic mass is 10.0. The molecule has 0 unspecified atom stereocenters. The van der Waals surface area contributed by atoms with E-state index in [0.29, 0.717) is 16.7 Å². The monoisotopic (exact) mass is 299 g/mol. The van der Waals surface area contributed by atoms with Crippen molar-refractivity contribution in [3.05, 3.63) is 75.3 Å². The second-order valence-electron chi connectivity index (χ2n) is 4.43. The molecule has 0 saturated carbocycles. The van der Waals surface area contributed by atoms with Gasteiger partial charge >= 0.3 is 5.97 Å². The number of nitro groups is 1. The molecular weight excluding hydrogens is 286 g/mol. The number of carbonyl (C=O) groups excluding carboxylic acids is 2. The molecule has 0 saturated heterocycles. The number of hydrogen-bond acceptors (Lipinski definition) is 5. The van der Waals surface area contributed by atoms with Crippen molar-refractivity contribution >= 4 is 17.4 Å². The molecule has 0 N–H and O–H groups in total. The molecule has 0 aromatic heterocycles. The SMILES string of the molecule is CCOC(=O)c1ccc(C(=O)c2ccc([N+](=O)[O-])cc2)cc1. The minimum Gasteiger partial charge on any atom is -0.462 e. The van der Waals surface area contributed by atoms with Gasteiger partial charge in [0.05, 0.1) is 17.1 Å². The molecule has 0 aliphatic heterocycles. The van der Waals surface area contributed by atoms with Crippen LogP contribution < -0.4 is 0 Å².